The van der Waals surface area contributed by atoms with Crippen molar-refractivity contribution in [3.63, 3.8) is 0 Å². The van der Waals surface area contributed by atoms with Gasteiger partial charge in [0.05, 0.1) is 19.0 Å². The van der Waals surface area contributed by atoms with Gasteiger partial charge in [0.2, 0.25) is 5.91 Å². The molecule has 2 aromatic carbocycles. The number of amides is 1. The molecule has 26 heavy (non-hydrogen) atoms. The molecule has 3 rings (SSSR count). The largest absolute Gasteiger partial charge is 0.349 e. The van der Waals surface area contributed by atoms with Crippen molar-refractivity contribution in [2.45, 2.75) is 25.9 Å². The fraction of sp³-hybridized carbons (Fsp3) is 0.211. The van der Waals surface area contributed by atoms with Crippen LogP contribution in [0.5, 0.6) is 0 Å². The molecule has 0 aliphatic rings. The molecule has 0 unspecified atom stereocenters. The second kappa shape index (κ2) is 8.42. The molecule has 0 saturated carbocycles. The van der Waals surface area contributed by atoms with Crippen molar-refractivity contribution in [1.82, 2.24) is 20.1 Å². The summed E-state index contributed by atoms with van der Waals surface area (Å²) in [5, 5.41) is 10.0. The van der Waals surface area contributed by atoms with Gasteiger partial charge in [0, 0.05) is 4.47 Å². The SMILES string of the molecule is C[C@H](NC(=O)Cc1n[nH]c(=S)n1Cc1ccccc1)c1ccccc1Br. The number of benzene rings is 2. The molecular weight excluding hydrogens is 412 g/mol. The second-order valence-electron chi connectivity index (χ2n) is 6.00. The number of hydrogen-bond acceptors (Lipinski definition) is 3. The lowest BCUT2D eigenvalue weighted by molar-refractivity contribution is -0.121. The lowest BCUT2D eigenvalue weighted by Crippen LogP contribution is -2.29. The summed E-state index contributed by atoms with van der Waals surface area (Å²) in [6.07, 6.45) is 0.161. The molecule has 0 fully saturated rings. The van der Waals surface area contributed by atoms with Crippen molar-refractivity contribution in [2.24, 2.45) is 0 Å². The number of nitrogens with one attached hydrogen (secondary N) is 2. The van der Waals surface area contributed by atoms with Gasteiger partial charge in [-0.2, -0.15) is 5.10 Å². The second-order valence-corrected chi connectivity index (χ2v) is 7.25. The lowest BCUT2D eigenvalue weighted by Gasteiger charge is -2.16. The minimum absolute atomic E-state index is 0.100. The van der Waals surface area contributed by atoms with Gasteiger partial charge in [0.15, 0.2) is 4.77 Å². The van der Waals surface area contributed by atoms with Crippen molar-refractivity contribution >= 4 is 34.1 Å². The highest BCUT2D eigenvalue weighted by Gasteiger charge is 2.15. The van der Waals surface area contributed by atoms with E-state index in [9.17, 15) is 4.79 Å². The quantitative estimate of drug-likeness (QED) is 0.576. The van der Waals surface area contributed by atoms with Crippen LogP contribution in [0.2, 0.25) is 0 Å². The van der Waals surface area contributed by atoms with E-state index in [0.29, 0.717) is 17.1 Å². The van der Waals surface area contributed by atoms with Gasteiger partial charge in [-0.05, 0) is 36.3 Å². The summed E-state index contributed by atoms with van der Waals surface area (Å²) in [5.41, 5.74) is 2.14. The van der Waals surface area contributed by atoms with E-state index >= 15 is 0 Å². The molecule has 2 N–H and O–H groups in total. The predicted molar refractivity (Wildman–Crippen MR) is 107 cm³/mol. The minimum atomic E-state index is -0.109. The molecule has 0 aliphatic heterocycles. The Morgan fingerprint density at radius 3 is 2.65 bits per heavy atom. The molecule has 1 atom stereocenters. The standard InChI is InChI=1S/C19H19BrN4OS/c1-13(15-9-5-6-10-16(15)20)21-18(25)11-17-22-23-19(26)24(17)12-14-7-3-2-4-8-14/h2-10,13H,11-12H2,1H3,(H,21,25)(H,23,26)/t13-/m0/s1. The maximum atomic E-state index is 12.5. The first-order valence-corrected chi connectivity index (χ1v) is 9.46. The van der Waals surface area contributed by atoms with Gasteiger partial charge in [0.25, 0.3) is 0 Å². The van der Waals surface area contributed by atoms with E-state index in [0.717, 1.165) is 15.6 Å². The summed E-state index contributed by atoms with van der Waals surface area (Å²) in [7, 11) is 0. The first-order chi connectivity index (χ1) is 12.5. The molecule has 5 nitrogen and oxygen atoms in total. The fourth-order valence-electron chi connectivity index (χ4n) is 2.75. The van der Waals surface area contributed by atoms with Crippen molar-refractivity contribution in [3.8, 4) is 0 Å². The Balaban J connectivity index is 1.70. The Kier molecular flexibility index (Phi) is 6.00. The smallest absolute Gasteiger partial charge is 0.228 e. The highest BCUT2D eigenvalue weighted by molar-refractivity contribution is 9.10. The van der Waals surface area contributed by atoms with Gasteiger partial charge in [-0.25, -0.2) is 0 Å². The number of rotatable bonds is 6. The lowest BCUT2D eigenvalue weighted by atomic mass is 10.1. The summed E-state index contributed by atoms with van der Waals surface area (Å²) >= 11 is 8.83. The average molecular weight is 431 g/mol. The number of aromatic nitrogens is 3. The van der Waals surface area contributed by atoms with Crippen molar-refractivity contribution in [3.05, 3.63) is 80.8 Å². The van der Waals surface area contributed by atoms with E-state index in [4.69, 9.17) is 12.2 Å². The summed E-state index contributed by atoms with van der Waals surface area (Å²) in [5.74, 6) is 0.521. The minimum Gasteiger partial charge on any atom is -0.349 e. The molecule has 1 heterocycles. The number of carbonyl (C=O) groups is 1. The molecular formula is C19H19BrN4OS. The molecule has 3 aromatic rings. The van der Waals surface area contributed by atoms with Crippen LogP contribution in [0.4, 0.5) is 0 Å². The molecule has 134 valence electrons. The van der Waals surface area contributed by atoms with Crippen LogP contribution in [-0.4, -0.2) is 20.7 Å². The van der Waals surface area contributed by atoms with E-state index in [1.807, 2.05) is 66.1 Å². The van der Waals surface area contributed by atoms with E-state index in [1.54, 1.807) is 0 Å². The number of aromatic amines is 1. The Bertz CT molecular complexity index is 951. The van der Waals surface area contributed by atoms with E-state index < -0.39 is 0 Å². The van der Waals surface area contributed by atoms with Crippen LogP contribution in [0.1, 0.15) is 29.9 Å². The van der Waals surface area contributed by atoms with Crippen LogP contribution >= 0.6 is 28.1 Å². The van der Waals surface area contributed by atoms with Crippen molar-refractivity contribution in [1.29, 1.82) is 0 Å². The topological polar surface area (TPSA) is 62.7 Å². The Hall–Kier alpha value is -2.25. The normalized spacial score (nSPS) is 11.9. The van der Waals surface area contributed by atoms with E-state index in [-0.39, 0.29) is 18.4 Å². The molecule has 1 aromatic heterocycles. The number of hydrogen-bond donors (Lipinski definition) is 2. The van der Waals surface area contributed by atoms with Crippen molar-refractivity contribution in [2.75, 3.05) is 0 Å². The number of H-pyrrole nitrogens is 1. The summed E-state index contributed by atoms with van der Waals surface area (Å²) in [4.78, 5) is 12.5. The van der Waals surface area contributed by atoms with Gasteiger partial charge in [-0.15, -0.1) is 0 Å². The van der Waals surface area contributed by atoms with Crippen LogP contribution < -0.4 is 5.32 Å². The third-order valence-electron chi connectivity index (χ3n) is 4.09. The first kappa shape index (κ1) is 18.5. The number of nitrogens with zero attached hydrogens (tertiary/aromatic N) is 2. The first-order valence-electron chi connectivity index (χ1n) is 8.26. The zero-order valence-corrected chi connectivity index (χ0v) is 16.7. The van der Waals surface area contributed by atoms with Gasteiger partial charge in [0.1, 0.15) is 5.82 Å². The van der Waals surface area contributed by atoms with Gasteiger partial charge < -0.3 is 5.32 Å². The molecule has 0 bridgehead atoms. The number of carbonyl (C=O) groups excluding carboxylic acids is 1. The van der Waals surface area contributed by atoms with Gasteiger partial charge >= 0.3 is 0 Å². The average Bonchev–Trinajstić information content (AvgIpc) is 2.96. The van der Waals surface area contributed by atoms with Crippen LogP contribution in [0.25, 0.3) is 0 Å². The zero-order chi connectivity index (χ0) is 18.5. The molecule has 0 aliphatic carbocycles. The summed E-state index contributed by atoms with van der Waals surface area (Å²) < 4.78 is 3.34. The Morgan fingerprint density at radius 2 is 1.92 bits per heavy atom. The van der Waals surface area contributed by atoms with Crippen LogP contribution in [0.3, 0.4) is 0 Å². The zero-order valence-electron chi connectivity index (χ0n) is 14.3. The maximum absolute atomic E-state index is 12.5. The molecule has 7 heteroatoms. The Morgan fingerprint density at radius 1 is 1.23 bits per heavy atom. The molecule has 1 amide bonds. The van der Waals surface area contributed by atoms with E-state index in [1.165, 1.54) is 0 Å². The van der Waals surface area contributed by atoms with Crippen LogP contribution in [0.15, 0.2) is 59.1 Å². The fourth-order valence-corrected chi connectivity index (χ4v) is 3.60. The molecule has 0 radical (unpaired) electrons. The van der Waals surface area contributed by atoms with Gasteiger partial charge in [-0.1, -0.05) is 64.5 Å². The number of halogens is 1. The van der Waals surface area contributed by atoms with E-state index in [2.05, 4.69) is 31.4 Å². The monoisotopic (exact) mass is 430 g/mol. The predicted octanol–water partition coefficient (Wildman–Crippen LogP) is 4.17. The maximum Gasteiger partial charge on any atom is 0.228 e. The third-order valence-corrected chi connectivity index (χ3v) is 5.12. The summed E-state index contributed by atoms with van der Waals surface area (Å²) in [6.45, 7) is 2.54. The van der Waals surface area contributed by atoms with Crippen LogP contribution in [-0.2, 0) is 17.8 Å². The third kappa shape index (κ3) is 4.47. The van der Waals surface area contributed by atoms with Crippen molar-refractivity contribution < 1.29 is 4.79 Å². The Labute approximate surface area is 165 Å². The molecule has 0 saturated heterocycles. The summed E-state index contributed by atoms with van der Waals surface area (Å²) in [6, 6.07) is 17.7. The highest BCUT2D eigenvalue weighted by atomic mass is 79.9. The molecule has 0 spiro atoms. The van der Waals surface area contributed by atoms with Crippen LogP contribution in [0, 0.1) is 4.77 Å². The van der Waals surface area contributed by atoms with Gasteiger partial charge in [-0.3, -0.25) is 14.5 Å². The highest BCUT2D eigenvalue weighted by Crippen LogP contribution is 2.22.